The van der Waals surface area contributed by atoms with E-state index in [1.807, 2.05) is 6.07 Å². The lowest BCUT2D eigenvalue weighted by Crippen LogP contribution is -2.37. The van der Waals surface area contributed by atoms with Crippen LogP contribution in [0.25, 0.3) is 0 Å². The van der Waals surface area contributed by atoms with E-state index in [2.05, 4.69) is 0 Å². The molecule has 0 radical (unpaired) electrons. The van der Waals surface area contributed by atoms with Gasteiger partial charge in [-0.1, -0.05) is 18.2 Å². The lowest BCUT2D eigenvalue weighted by Gasteiger charge is -2.22. The van der Waals surface area contributed by atoms with Gasteiger partial charge in [0.1, 0.15) is 24.9 Å². The van der Waals surface area contributed by atoms with Crippen LogP contribution in [0.4, 0.5) is 0 Å². The molecule has 0 amide bonds. The molecule has 2 heterocycles. The van der Waals surface area contributed by atoms with Gasteiger partial charge in [-0.3, -0.25) is 0 Å². The highest BCUT2D eigenvalue weighted by Gasteiger charge is 2.54. The van der Waals surface area contributed by atoms with Gasteiger partial charge in [0.2, 0.25) is 0 Å². The van der Waals surface area contributed by atoms with E-state index < -0.39 is 36.4 Å². The second-order valence-electron chi connectivity index (χ2n) is 5.60. The molecule has 1 aromatic rings. The molecule has 1 N–H and O–H groups in total. The zero-order valence-electron chi connectivity index (χ0n) is 11.9. The Balaban J connectivity index is 1.55. The summed E-state index contributed by atoms with van der Waals surface area (Å²) in [5, 5.41) is 10.2. The zero-order chi connectivity index (χ0) is 15.0. The third-order valence-corrected chi connectivity index (χ3v) is 3.50. The summed E-state index contributed by atoms with van der Waals surface area (Å²) < 4.78 is 21.8. The van der Waals surface area contributed by atoms with Crippen LogP contribution >= 0.6 is 0 Å². The van der Waals surface area contributed by atoms with Crippen molar-refractivity contribution in [2.24, 2.45) is 0 Å². The molecule has 2 saturated heterocycles. The van der Waals surface area contributed by atoms with Crippen molar-refractivity contribution in [3.63, 3.8) is 0 Å². The molecule has 0 unspecified atom stereocenters. The molecule has 21 heavy (non-hydrogen) atoms. The Morgan fingerprint density at radius 3 is 2.67 bits per heavy atom. The van der Waals surface area contributed by atoms with Gasteiger partial charge in [0.25, 0.3) is 0 Å². The van der Waals surface area contributed by atoms with Gasteiger partial charge in [-0.05, 0) is 26.0 Å². The predicted octanol–water partition coefficient (Wildman–Crippen LogP) is 1.08. The van der Waals surface area contributed by atoms with Crippen LogP contribution in [0.5, 0.6) is 0 Å². The predicted molar refractivity (Wildman–Crippen MR) is 71.4 cm³/mol. The number of rotatable bonds is 3. The fraction of sp³-hybridized carbons (Fsp3) is 0.533. The Labute approximate surface area is 122 Å². The summed E-state index contributed by atoms with van der Waals surface area (Å²) in [6, 6.07) is 8.66. The summed E-state index contributed by atoms with van der Waals surface area (Å²) in [7, 11) is 0. The molecule has 2 aliphatic rings. The molecule has 2 fully saturated rings. The van der Waals surface area contributed by atoms with E-state index in [1.165, 1.54) is 0 Å². The lowest BCUT2D eigenvalue weighted by molar-refractivity contribution is -0.218. The van der Waals surface area contributed by atoms with Crippen molar-refractivity contribution >= 4 is 5.97 Å². The van der Waals surface area contributed by atoms with Gasteiger partial charge in [-0.25, -0.2) is 4.79 Å². The minimum atomic E-state index is -0.889. The van der Waals surface area contributed by atoms with Gasteiger partial charge < -0.3 is 24.1 Å². The zero-order valence-corrected chi connectivity index (χ0v) is 11.9. The number of fused-ring (bicyclic) bond motifs is 1. The van der Waals surface area contributed by atoms with Crippen molar-refractivity contribution in [3.8, 4) is 0 Å². The highest BCUT2D eigenvalue weighted by molar-refractivity contribution is 5.89. The number of carbonyl (C=O) groups excluding carboxylic acids is 1. The van der Waals surface area contributed by atoms with Crippen LogP contribution in [0.1, 0.15) is 24.2 Å². The molecular formula is C15H18O6. The van der Waals surface area contributed by atoms with Crippen molar-refractivity contribution in [2.75, 3.05) is 6.61 Å². The van der Waals surface area contributed by atoms with Gasteiger partial charge in [0, 0.05) is 0 Å². The maximum atomic E-state index is 11.8. The Morgan fingerprint density at radius 1 is 1.29 bits per heavy atom. The monoisotopic (exact) mass is 294 g/mol. The van der Waals surface area contributed by atoms with E-state index in [1.54, 1.807) is 38.1 Å². The van der Waals surface area contributed by atoms with Crippen LogP contribution < -0.4 is 0 Å². The van der Waals surface area contributed by atoms with E-state index in [-0.39, 0.29) is 6.61 Å². The van der Waals surface area contributed by atoms with Crippen LogP contribution in [-0.2, 0) is 18.9 Å². The quantitative estimate of drug-likeness (QED) is 0.841. The molecule has 0 saturated carbocycles. The topological polar surface area (TPSA) is 74.2 Å². The normalized spacial score (nSPS) is 33.7. The van der Waals surface area contributed by atoms with Crippen LogP contribution in [0.3, 0.4) is 0 Å². The van der Waals surface area contributed by atoms with Crippen molar-refractivity contribution in [1.29, 1.82) is 0 Å². The summed E-state index contributed by atoms with van der Waals surface area (Å²) in [4.78, 5) is 11.8. The number of carbonyl (C=O) groups is 1. The molecule has 3 rings (SSSR count). The number of hydrogen-bond donors (Lipinski definition) is 1. The molecular weight excluding hydrogens is 276 g/mol. The first kappa shape index (κ1) is 14.5. The maximum Gasteiger partial charge on any atom is 0.338 e. The number of esters is 1. The molecule has 2 aliphatic heterocycles. The Bertz CT molecular complexity index is 514. The van der Waals surface area contributed by atoms with Gasteiger partial charge in [0.15, 0.2) is 12.1 Å². The average Bonchev–Trinajstić information content (AvgIpc) is 2.91. The van der Waals surface area contributed by atoms with Crippen molar-refractivity contribution in [3.05, 3.63) is 35.9 Å². The second kappa shape index (κ2) is 5.38. The van der Waals surface area contributed by atoms with Crippen molar-refractivity contribution in [2.45, 2.75) is 44.2 Å². The SMILES string of the molecule is CC1(C)O[C@H]2O[C@H](COC(=O)c3ccccc3)[C@@H](O)[C@@H]2O1. The summed E-state index contributed by atoms with van der Waals surface area (Å²) >= 11 is 0. The molecule has 6 nitrogen and oxygen atoms in total. The first-order valence-electron chi connectivity index (χ1n) is 6.88. The summed E-state index contributed by atoms with van der Waals surface area (Å²) in [6.07, 6.45) is -2.72. The fourth-order valence-corrected chi connectivity index (χ4v) is 2.51. The van der Waals surface area contributed by atoms with E-state index >= 15 is 0 Å². The Hall–Kier alpha value is -1.47. The number of aliphatic hydroxyl groups excluding tert-OH is 1. The fourth-order valence-electron chi connectivity index (χ4n) is 2.51. The van der Waals surface area contributed by atoms with Gasteiger partial charge in [-0.2, -0.15) is 0 Å². The number of aliphatic hydroxyl groups is 1. The second-order valence-corrected chi connectivity index (χ2v) is 5.60. The number of benzene rings is 1. The third kappa shape index (κ3) is 2.94. The molecule has 114 valence electrons. The van der Waals surface area contributed by atoms with Crippen LogP contribution in [-0.4, -0.2) is 48.1 Å². The molecule has 0 spiro atoms. The third-order valence-electron chi connectivity index (χ3n) is 3.50. The van der Waals surface area contributed by atoms with Crippen LogP contribution in [0.2, 0.25) is 0 Å². The van der Waals surface area contributed by atoms with Crippen LogP contribution in [0, 0.1) is 0 Å². The largest absolute Gasteiger partial charge is 0.459 e. The van der Waals surface area contributed by atoms with E-state index in [4.69, 9.17) is 18.9 Å². The van der Waals surface area contributed by atoms with Crippen LogP contribution in [0.15, 0.2) is 30.3 Å². The lowest BCUT2D eigenvalue weighted by atomic mass is 10.1. The number of ether oxygens (including phenoxy) is 4. The Kier molecular flexibility index (Phi) is 3.71. The average molecular weight is 294 g/mol. The number of hydrogen-bond acceptors (Lipinski definition) is 6. The summed E-state index contributed by atoms with van der Waals surface area (Å²) in [5.41, 5.74) is 0.457. The highest BCUT2D eigenvalue weighted by atomic mass is 16.8. The smallest absolute Gasteiger partial charge is 0.338 e. The molecule has 4 atom stereocenters. The Morgan fingerprint density at radius 2 is 2.00 bits per heavy atom. The molecule has 1 aromatic carbocycles. The van der Waals surface area contributed by atoms with Gasteiger partial charge in [0.05, 0.1) is 5.56 Å². The standard InChI is InChI=1S/C15H18O6/c1-15(2)20-12-11(16)10(19-14(12)21-15)8-18-13(17)9-6-4-3-5-7-9/h3-7,10-12,14,16H,8H2,1-2H3/t10-,11-,12+,14-/m1/s1. The molecule has 0 aliphatic carbocycles. The highest BCUT2D eigenvalue weighted by Crippen LogP contribution is 2.37. The first-order chi connectivity index (χ1) is 9.96. The molecule has 0 aromatic heterocycles. The molecule has 6 heteroatoms. The summed E-state index contributed by atoms with van der Waals surface area (Å²) in [6.45, 7) is 3.46. The van der Waals surface area contributed by atoms with E-state index in [0.29, 0.717) is 5.56 Å². The van der Waals surface area contributed by atoms with Gasteiger partial charge in [-0.15, -0.1) is 0 Å². The van der Waals surface area contributed by atoms with E-state index in [0.717, 1.165) is 0 Å². The minimum absolute atomic E-state index is 0.0466. The molecule has 0 bridgehead atoms. The van der Waals surface area contributed by atoms with Crippen molar-refractivity contribution < 1.29 is 28.8 Å². The maximum absolute atomic E-state index is 11.8. The van der Waals surface area contributed by atoms with E-state index in [9.17, 15) is 9.90 Å². The first-order valence-corrected chi connectivity index (χ1v) is 6.88. The summed E-state index contributed by atoms with van der Waals surface area (Å²) in [5.74, 6) is -1.23. The van der Waals surface area contributed by atoms with Crippen molar-refractivity contribution in [1.82, 2.24) is 0 Å². The van der Waals surface area contributed by atoms with Gasteiger partial charge >= 0.3 is 5.97 Å². The minimum Gasteiger partial charge on any atom is -0.459 e.